The fraction of sp³-hybridized carbons (Fsp3) is 0.634. The molecule has 4 aliphatic heterocycles. The fourth-order valence-electron chi connectivity index (χ4n) is 10.5. The van der Waals surface area contributed by atoms with Crippen LogP contribution in [0.3, 0.4) is 0 Å². The SMILES string of the molecule is C#Cc1c(F)ccc2c1N([C@H]1CCc3c(nc(OC[C@]4(C)C[C@@H](F)CN4C4CCC(C)(O)CC4)nc3N3C[C@H]4CC(O)[C@@H](C3)N4C(=O)C=C)C1)CCC2. The van der Waals surface area contributed by atoms with Crippen LogP contribution < -0.4 is 14.5 Å². The lowest BCUT2D eigenvalue weighted by atomic mass is 9.82. The molecular weight excluding hydrogens is 678 g/mol. The second-order valence-corrected chi connectivity index (χ2v) is 16.9. The molecule has 2 aromatic rings. The molecule has 10 nitrogen and oxygen atoms in total. The number of nitrogens with zero attached hydrogens (tertiary/aromatic N) is 6. The van der Waals surface area contributed by atoms with Gasteiger partial charge in [0.05, 0.1) is 46.3 Å². The maximum Gasteiger partial charge on any atom is 0.318 e. The van der Waals surface area contributed by atoms with Crippen molar-refractivity contribution in [3.8, 4) is 18.4 Å². The van der Waals surface area contributed by atoms with Crippen LogP contribution in [0.4, 0.5) is 20.3 Å². The summed E-state index contributed by atoms with van der Waals surface area (Å²) in [6, 6.07) is 3.16. The molecule has 12 heteroatoms. The van der Waals surface area contributed by atoms with E-state index in [0.29, 0.717) is 63.7 Å². The summed E-state index contributed by atoms with van der Waals surface area (Å²) in [5.74, 6) is 2.80. The number of rotatable bonds is 7. The lowest BCUT2D eigenvalue weighted by molar-refractivity contribution is -0.130. The highest BCUT2D eigenvalue weighted by molar-refractivity contribution is 5.88. The van der Waals surface area contributed by atoms with E-state index in [-0.39, 0.29) is 42.5 Å². The highest BCUT2D eigenvalue weighted by Crippen LogP contribution is 2.42. The first-order valence-electron chi connectivity index (χ1n) is 19.5. The van der Waals surface area contributed by atoms with E-state index in [1.54, 1.807) is 4.90 Å². The number of amides is 1. The van der Waals surface area contributed by atoms with Crippen molar-refractivity contribution in [2.75, 3.05) is 42.6 Å². The van der Waals surface area contributed by atoms with E-state index in [4.69, 9.17) is 21.1 Å². The summed E-state index contributed by atoms with van der Waals surface area (Å²) in [4.78, 5) is 31.4. The quantitative estimate of drug-likeness (QED) is 0.322. The molecule has 6 aliphatic rings. The number of fused-ring (bicyclic) bond motifs is 4. The third-order valence-corrected chi connectivity index (χ3v) is 13.1. The van der Waals surface area contributed by atoms with Gasteiger partial charge in [-0.1, -0.05) is 18.6 Å². The molecule has 4 fully saturated rings. The van der Waals surface area contributed by atoms with Gasteiger partial charge < -0.3 is 29.6 Å². The molecule has 53 heavy (non-hydrogen) atoms. The monoisotopic (exact) mass is 730 g/mol. The number of alkyl halides is 1. The molecule has 2 bridgehead atoms. The molecule has 2 aliphatic carbocycles. The van der Waals surface area contributed by atoms with Gasteiger partial charge in [0, 0.05) is 56.7 Å². The van der Waals surface area contributed by atoms with Gasteiger partial charge in [-0.2, -0.15) is 9.97 Å². The van der Waals surface area contributed by atoms with E-state index in [9.17, 15) is 15.0 Å². The van der Waals surface area contributed by atoms with E-state index >= 15 is 8.78 Å². The summed E-state index contributed by atoms with van der Waals surface area (Å²) in [6.45, 7) is 9.84. The Labute approximate surface area is 311 Å². The molecule has 284 valence electrons. The van der Waals surface area contributed by atoms with Gasteiger partial charge in [0.15, 0.2) is 0 Å². The first-order valence-corrected chi connectivity index (χ1v) is 19.5. The van der Waals surface area contributed by atoms with E-state index in [0.717, 1.165) is 67.0 Å². The van der Waals surface area contributed by atoms with Gasteiger partial charge in [-0.05, 0) is 89.3 Å². The zero-order valence-electron chi connectivity index (χ0n) is 30.9. The van der Waals surface area contributed by atoms with Gasteiger partial charge in [-0.15, -0.1) is 6.42 Å². The van der Waals surface area contributed by atoms with E-state index < -0.39 is 29.5 Å². The average Bonchev–Trinajstić information content (AvgIpc) is 3.55. The summed E-state index contributed by atoms with van der Waals surface area (Å²) in [5, 5.41) is 21.6. The first-order chi connectivity index (χ1) is 25.4. The van der Waals surface area contributed by atoms with Crippen molar-refractivity contribution in [1.82, 2.24) is 19.8 Å². The fourth-order valence-corrected chi connectivity index (χ4v) is 10.5. The summed E-state index contributed by atoms with van der Waals surface area (Å²) in [6.07, 6.45) is 13.2. The van der Waals surface area contributed by atoms with E-state index in [1.165, 1.54) is 12.1 Å². The molecule has 0 radical (unpaired) electrons. The van der Waals surface area contributed by atoms with Crippen molar-refractivity contribution in [3.63, 3.8) is 0 Å². The number of aryl methyl sites for hydroxylation is 1. The number of benzene rings is 1. The molecular formula is C41H52F2N6O4. The predicted molar refractivity (Wildman–Crippen MR) is 198 cm³/mol. The number of anilines is 2. The maximum absolute atomic E-state index is 15.2. The van der Waals surface area contributed by atoms with Gasteiger partial charge in [0.1, 0.15) is 24.4 Å². The number of aliphatic hydroxyl groups is 2. The van der Waals surface area contributed by atoms with Gasteiger partial charge in [-0.25, -0.2) is 8.78 Å². The van der Waals surface area contributed by atoms with Gasteiger partial charge in [-0.3, -0.25) is 9.69 Å². The van der Waals surface area contributed by atoms with Crippen molar-refractivity contribution in [2.24, 2.45) is 0 Å². The van der Waals surface area contributed by atoms with Crippen LogP contribution in [0, 0.1) is 18.2 Å². The van der Waals surface area contributed by atoms with Crippen LogP contribution in [0.2, 0.25) is 0 Å². The van der Waals surface area contributed by atoms with Gasteiger partial charge in [0.25, 0.3) is 0 Å². The van der Waals surface area contributed by atoms with Crippen LogP contribution in [0.1, 0.15) is 87.6 Å². The third-order valence-electron chi connectivity index (χ3n) is 13.1. The normalized spacial score (nSPS) is 34.0. The Morgan fingerprint density at radius 2 is 1.92 bits per heavy atom. The first kappa shape index (κ1) is 36.2. The number of aromatic nitrogens is 2. The highest BCUT2D eigenvalue weighted by Gasteiger charge is 2.50. The van der Waals surface area contributed by atoms with E-state index in [1.807, 2.05) is 13.0 Å². The molecule has 1 saturated carbocycles. The summed E-state index contributed by atoms with van der Waals surface area (Å²) in [7, 11) is 0. The number of hydrogen-bond donors (Lipinski definition) is 2. The lowest BCUT2D eigenvalue weighted by Gasteiger charge is -2.44. The smallest absolute Gasteiger partial charge is 0.318 e. The van der Waals surface area contributed by atoms with Crippen molar-refractivity contribution in [3.05, 3.63) is 53.0 Å². The number of carbonyl (C=O) groups excluding carboxylic acids is 1. The van der Waals surface area contributed by atoms with Crippen molar-refractivity contribution in [1.29, 1.82) is 0 Å². The minimum absolute atomic E-state index is 0.0322. The van der Waals surface area contributed by atoms with Crippen molar-refractivity contribution < 1.29 is 28.5 Å². The molecule has 5 heterocycles. The zero-order chi connectivity index (χ0) is 37.2. The number of ether oxygens (including phenoxy) is 1. The molecule has 2 N–H and O–H groups in total. The highest BCUT2D eigenvalue weighted by atomic mass is 19.1. The molecule has 1 aromatic carbocycles. The largest absolute Gasteiger partial charge is 0.461 e. The number of likely N-dealkylation sites (tertiary alicyclic amines) is 1. The number of halogens is 2. The maximum atomic E-state index is 15.2. The van der Waals surface area contributed by atoms with Crippen LogP contribution >= 0.6 is 0 Å². The molecule has 0 spiro atoms. The Balaban J connectivity index is 1.11. The number of carbonyl (C=O) groups is 1. The van der Waals surface area contributed by atoms with Crippen LogP contribution in [0.25, 0.3) is 0 Å². The van der Waals surface area contributed by atoms with Crippen LogP contribution in [0.5, 0.6) is 6.01 Å². The number of terminal acetylenes is 1. The van der Waals surface area contributed by atoms with Crippen molar-refractivity contribution >= 4 is 17.4 Å². The topological polar surface area (TPSA) is 106 Å². The Kier molecular flexibility index (Phi) is 9.43. The third kappa shape index (κ3) is 6.57. The van der Waals surface area contributed by atoms with Crippen LogP contribution in [0.15, 0.2) is 24.8 Å². The lowest BCUT2D eigenvalue weighted by Crippen LogP contribution is -2.57. The van der Waals surface area contributed by atoms with E-state index in [2.05, 4.69) is 34.1 Å². The average molecular weight is 731 g/mol. The summed E-state index contributed by atoms with van der Waals surface area (Å²) < 4.78 is 36.7. The summed E-state index contributed by atoms with van der Waals surface area (Å²) in [5.41, 5.74) is 2.79. The zero-order valence-corrected chi connectivity index (χ0v) is 30.9. The minimum Gasteiger partial charge on any atom is -0.461 e. The van der Waals surface area contributed by atoms with Gasteiger partial charge in [0.2, 0.25) is 5.91 Å². The molecule has 3 saturated heterocycles. The number of aliphatic hydroxyl groups excluding tert-OH is 1. The van der Waals surface area contributed by atoms with Crippen LogP contribution in [-0.4, -0.2) is 116 Å². The molecule has 1 aromatic heterocycles. The minimum atomic E-state index is -0.978. The summed E-state index contributed by atoms with van der Waals surface area (Å²) >= 11 is 0. The second kappa shape index (κ2) is 13.8. The molecule has 1 unspecified atom stereocenters. The molecule has 6 atom stereocenters. The Morgan fingerprint density at radius 3 is 2.66 bits per heavy atom. The molecule has 8 rings (SSSR count). The Hall–Kier alpha value is -3.79. The van der Waals surface area contributed by atoms with Crippen LogP contribution in [-0.2, 0) is 24.1 Å². The molecule has 1 amide bonds. The number of piperazine rings is 1. The number of hydrogen-bond acceptors (Lipinski definition) is 9. The standard InChI is InChI=1S/C41H52F2N6O4/c1-5-30-32(43)12-9-25-8-7-17-47(37(25)30)28-10-11-31-33(18-28)44-39(45-38(31)46-22-29-19-35(50)34(23-46)49(29)36(51)6-2)53-24-40(3)20-26(42)21-48(40)27-13-15-41(4,52)16-14-27/h1,6,9,12,26-29,34-35,50,52H,2,7-8,10-11,13-24H2,3-4H3/t26-,27?,28+,29-,34-,35?,40+,41?/m1/s1. The predicted octanol–water partition coefficient (Wildman–Crippen LogP) is 4.12. The Bertz CT molecular complexity index is 1810. The van der Waals surface area contributed by atoms with Gasteiger partial charge >= 0.3 is 6.01 Å². The second-order valence-electron chi connectivity index (χ2n) is 16.9. The Morgan fingerprint density at radius 1 is 1.13 bits per heavy atom. The van der Waals surface area contributed by atoms with Crippen molar-refractivity contribution in [2.45, 2.75) is 132 Å².